The first-order valence-electron chi connectivity index (χ1n) is 8.52. The van der Waals surface area contributed by atoms with Crippen molar-refractivity contribution in [2.24, 2.45) is 0 Å². The van der Waals surface area contributed by atoms with Gasteiger partial charge in [-0.25, -0.2) is 4.79 Å². The lowest BCUT2D eigenvalue weighted by molar-refractivity contribution is -0.140. The molecule has 0 unspecified atom stereocenters. The van der Waals surface area contributed by atoms with E-state index in [1.54, 1.807) is 16.2 Å². The zero-order chi connectivity index (χ0) is 16.9. The molecule has 1 saturated heterocycles. The molecule has 1 aliphatic carbocycles. The van der Waals surface area contributed by atoms with Crippen LogP contribution in [-0.4, -0.2) is 46.3 Å². The predicted molar refractivity (Wildman–Crippen MR) is 89.6 cm³/mol. The molecular formula is C17H21N3O3S. The van der Waals surface area contributed by atoms with Crippen LogP contribution in [0.3, 0.4) is 0 Å². The molecule has 24 heavy (non-hydrogen) atoms. The van der Waals surface area contributed by atoms with E-state index in [0.717, 1.165) is 24.2 Å². The molecule has 1 spiro atoms. The standard InChI is InChI=1S/C17H21N3O3S/c1-11-12-5-9-24-13(12)4-8-19(11)14(21)10-20-15(22)17(18-16(20)23)6-2-3-7-17/h5,9,11H,2-4,6-8,10H2,1H3,(H,18,23)/t11-/m1/s1. The molecule has 7 heteroatoms. The van der Waals surface area contributed by atoms with E-state index in [-0.39, 0.29) is 24.4 Å². The van der Waals surface area contributed by atoms with Crippen LogP contribution >= 0.6 is 11.3 Å². The summed E-state index contributed by atoms with van der Waals surface area (Å²) < 4.78 is 0. The van der Waals surface area contributed by atoms with Crippen LogP contribution in [0.1, 0.15) is 49.1 Å². The first-order valence-corrected chi connectivity index (χ1v) is 9.40. The van der Waals surface area contributed by atoms with Crippen molar-refractivity contribution in [2.45, 2.75) is 50.6 Å². The van der Waals surface area contributed by atoms with Gasteiger partial charge >= 0.3 is 6.03 Å². The molecule has 0 bridgehead atoms. The number of hydrogen-bond acceptors (Lipinski definition) is 4. The van der Waals surface area contributed by atoms with Gasteiger partial charge in [0.05, 0.1) is 6.04 Å². The van der Waals surface area contributed by atoms with Crippen LogP contribution in [0.5, 0.6) is 0 Å². The average Bonchev–Trinajstić information content (AvgIpc) is 3.25. The first-order chi connectivity index (χ1) is 11.5. The Morgan fingerprint density at radius 1 is 1.38 bits per heavy atom. The molecule has 1 saturated carbocycles. The minimum atomic E-state index is -0.745. The second-order valence-electron chi connectivity index (χ2n) is 6.92. The summed E-state index contributed by atoms with van der Waals surface area (Å²) >= 11 is 1.72. The molecular weight excluding hydrogens is 326 g/mol. The van der Waals surface area contributed by atoms with Crippen molar-refractivity contribution in [2.75, 3.05) is 13.1 Å². The minimum Gasteiger partial charge on any atom is -0.334 e. The maximum Gasteiger partial charge on any atom is 0.325 e. The number of carbonyl (C=O) groups excluding carboxylic acids is 3. The first kappa shape index (κ1) is 15.6. The van der Waals surface area contributed by atoms with E-state index in [1.807, 2.05) is 6.92 Å². The minimum absolute atomic E-state index is 0.00583. The number of urea groups is 1. The van der Waals surface area contributed by atoms with Gasteiger partial charge in [0.25, 0.3) is 5.91 Å². The van der Waals surface area contributed by atoms with E-state index in [0.29, 0.717) is 19.4 Å². The molecule has 4 amide bonds. The van der Waals surface area contributed by atoms with Crippen molar-refractivity contribution < 1.29 is 14.4 Å². The Balaban J connectivity index is 1.49. The highest BCUT2D eigenvalue weighted by Crippen LogP contribution is 2.36. The summed E-state index contributed by atoms with van der Waals surface area (Å²) in [5.74, 6) is -0.378. The maximum absolute atomic E-state index is 12.7. The molecule has 1 atom stereocenters. The summed E-state index contributed by atoms with van der Waals surface area (Å²) in [5, 5.41) is 4.88. The number of carbonyl (C=O) groups is 3. The third-order valence-electron chi connectivity index (χ3n) is 5.59. The van der Waals surface area contributed by atoms with Gasteiger partial charge in [-0.3, -0.25) is 14.5 Å². The number of rotatable bonds is 2. The lowest BCUT2D eigenvalue weighted by Crippen LogP contribution is -2.47. The topological polar surface area (TPSA) is 69.7 Å². The quantitative estimate of drug-likeness (QED) is 0.833. The summed E-state index contributed by atoms with van der Waals surface area (Å²) in [4.78, 5) is 41.9. The highest BCUT2D eigenvalue weighted by molar-refractivity contribution is 7.10. The van der Waals surface area contributed by atoms with E-state index >= 15 is 0 Å². The number of hydrogen-bond donors (Lipinski definition) is 1. The largest absolute Gasteiger partial charge is 0.334 e. The summed E-state index contributed by atoms with van der Waals surface area (Å²) in [6.07, 6.45) is 4.09. The van der Waals surface area contributed by atoms with Gasteiger partial charge in [0.2, 0.25) is 5.91 Å². The van der Waals surface area contributed by atoms with Crippen molar-refractivity contribution in [1.82, 2.24) is 15.1 Å². The van der Waals surface area contributed by atoms with Crippen LogP contribution in [0.4, 0.5) is 4.79 Å². The normalized spacial score (nSPS) is 25.3. The molecule has 2 aliphatic heterocycles. The van der Waals surface area contributed by atoms with Crippen molar-refractivity contribution >= 4 is 29.2 Å². The number of amides is 4. The summed E-state index contributed by atoms with van der Waals surface area (Å²) in [6.45, 7) is 2.49. The van der Waals surface area contributed by atoms with Gasteiger partial charge in [0.15, 0.2) is 0 Å². The van der Waals surface area contributed by atoms with Crippen LogP contribution in [0.15, 0.2) is 11.4 Å². The highest BCUT2D eigenvalue weighted by atomic mass is 32.1. The van der Waals surface area contributed by atoms with Crippen molar-refractivity contribution in [3.63, 3.8) is 0 Å². The smallest absolute Gasteiger partial charge is 0.325 e. The Bertz CT molecular complexity index is 708. The van der Waals surface area contributed by atoms with Gasteiger partial charge in [-0.05, 0) is 43.2 Å². The molecule has 1 aromatic heterocycles. The van der Waals surface area contributed by atoms with E-state index in [1.165, 1.54) is 10.4 Å². The lowest BCUT2D eigenvalue weighted by Gasteiger charge is -2.34. The summed E-state index contributed by atoms with van der Waals surface area (Å²) in [6, 6.07) is 1.63. The zero-order valence-electron chi connectivity index (χ0n) is 13.7. The van der Waals surface area contributed by atoms with Crippen molar-refractivity contribution in [3.8, 4) is 0 Å². The molecule has 1 N–H and O–H groups in total. The van der Waals surface area contributed by atoms with E-state index in [2.05, 4.69) is 16.8 Å². The lowest BCUT2D eigenvalue weighted by atomic mass is 9.98. The fourth-order valence-electron chi connectivity index (χ4n) is 4.21. The second kappa shape index (κ2) is 5.58. The number of fused-ring (bicyclic) bond motifs is 1. The van der Waals surface area contributed by atoms with Crippen LogP contribution in [0, 0.1) is 0 Å². The van der Waals surface area contributed by atoms with Gasteiger partial charge in [-0.2, -0.15) is 0 Å². The molecule has 1 aromatic rings. The fourth-order valence-corrected chi connectivity index (χ4v) is 5.18. The molecule has 3 heterocycles. The van der Waals surface area contributed by atoms with E-state index in [9.17, 15) is 14.4 Å². The Morgan fingerprint density at radius 2 is 2.12 bits per heavy atom. The van der Waals surface area contributed by atoms with Crippen LogP contribution in [0.2, 0.25) is 0 Å². The Hall–Kier alpha value is -1.89. The molecule has 0 radical (unpaired) electrons. The SMILES string of the molecule is C[C@@H]1c2ccsc2CCN1C(=O)CN1C(=O)NC2(CCCC2)C1=O. The fraction of sp³-hybridized carbons (Fsp3) is 0.588. The summed E-state index contributed by atoms with van der Waals surface area (Å²) in [7, 11) is 0. The Labute approximate surface area is 144 Å². The number of thiophene rings is 1. The molecule has 3 aliphatic rings. The van der Waals surface area contributed by atoms with Crippen LogP contribution < -0.4 is 5.32 Å². The second-order valence-corrected chi connectivity index (χ2v) is 7.92. The van der Waals surface area contributed by atoms with Gasteiger partial charge < -0.3 is 10.2 Å². The van der Waals surface area contributed by atoms with Crippen molar-refractivity contribution in [3.05, 3.63) is 21.9 Å². The van der Waals surface area contributed by atoms with Gasteiger partial charge in [-0.1, -0.05) is 12.8 Å². The van der Waals surface area contributed by atoms with E-state index < -0.39 is 11.6 Å². The third kappa shape index (κ3) is 2.25. The monoisotopic (exact) mass is 347 g/mol. The maximum atomic E-state index is 12.7. The number of imide groups is 1. The predicted octanol–water partition coefficient (Wildman–Crippen LogP) is 2.06. The van der Waals surface area contributed by atoms with Crippen molar-refractivity contribution in [1.29, 1.82) is 0 Å². The molecule has 128 valence electrons. The Kier molecular flexibility index (Phi) is 3.63. The highest BCUT2D eigenvalue weighted by Gasteiger charge is 2.53. The summed E-state index contributed by atoms with van der Waals surface area (Å²) in [5.41, 5.74) is 0.440. The molecule has 6 nitrogen and oxygen atoms in total. The third-order valence-corrected chi connectivity index (χ3v) is 6.59. The molecule has 0 aromatic carbocycles. The van der Waals surface area contributed by atoms with Gasteiger partial charge in [-0.15, -0.1) is 11.3 Å². The molecule has 4 rings (SSSR count). The van der Waals surface area contributed by atoms with Gasteiger partial charge in [0.1, 0.15) is 12.1 Å². The number of nitrogens with one attached hydrogen (secondary N) is 1. The number of nitrogens with zero attached hydrogens (tertiary/aromatic N) is 2. The van der Waals surface area contributed by atoms with Crippen LogP contribution in [0.25, 0.3) is 0 Å². The zero-order valence-corrected chi connectivity index (χ0v) is 14.5. The van der Waals surface area contributed by atoms with E-state index in [4.69, 9.17) is 0 Å². The average molecular weight is 347 g/mol. The Morgan fingerprint density at radius 3 is 2.88 bits per heavy atom. The molecule has 2 fully saturated rings. The van der Waals surface area contributed by atoms with Gasteiger partial charge in [0, 0.05) is 11.4 Å². The van der Waals surface area contributed by atoms with Crippen LogP contribution in [-0.2, 0) is 16.0 Å².